The first kappa shape index (κ1) is 24.5. The zero-order valence-corrected chi connectivity index (χ0v) is 18.2. The summed E-state index contributed by atoms with van der Waals surface area (Å²) in [4.78, 5) is 30.4. The molecule has 1 atom stereocenters. The van der Waals surface area contributed by atoms with E-state index in [1.54, 1.807) is 25.7 Å². The fraction of sp³-hybridized carbons (Fsp3) is 0.619. The van der Waals surface area contributed by atoms with Crippen molar-refractivity contribution in [2.45, 2.75) is 71.8 Å². The molecule has 0 saturated heterocycles. The van der Waals surface area contributed by atoms with E-state index in [2.05, 4.69) is 10.0 Å². The SMILES string of the molecule is CC(C)(C)OC(=O)C(C(=O)OCc1ccccc1)N(CCCN=[N+]=[N-])C(C)(C)C. The second kappa shape index (κ2) is 10.8. The van der Waals surface area contributed by atoms with E-state index < -0.39 is 29.1 Å². The largest absolute Gasteiger partial charge is 0.459 e. The van der Waals surface area contributed by atoms with E-state index in [1.807, 2.05) is 51.1 Å². The smallest absolute Gasteiger partial charge is 0.335 e. The molecule has 0 amide bonds. The molecule has 1 aromatic rings. The summed E-state index contributed by atoms with van der Waals surface area (Å²) in [6, 6.07) is 8.05. The van der Waals surface area contributed by atoms with E-state index in [0.717, 1.165) is 5.56 Å². The van der Waals surface area contributed by atoms with Crippen LogP contribution in [0.5, 0.6) is 0 Å². The molecule has 0 aliphatic rings. The van der Waals surface area contributed by atoms with Crippen molar-refractivity contribution < 1.29 is 19.1 Å². The van der Waals surface area contributed by atoms with Crippen LogP contribution in [0.4, 0.5) is 0 Å². The van der Waals surface area contributed by atoms with Crippen LogP contribution in [0.15, 0.2) is 35.4 Å². The first-order valence-electron chi connectivity index (χ1n) is 9.67. The lowest BCUT2D eigenvalue weighted by Gasteiger charge is -2.40. The van der Waals surface area contributed by atoms with Gasteiger partial charge in [-0.05, 0) is 59.1 Å². The molecule has 0 radical (unpaired) electrons. The number of rotatable bonds is 9. The van der Waals surface area contributed by atoms with Gasteiger partial charge < -0.3 is 9.47 Å². The van der Waals surface area contributed by atoms with Gasteiger partial charge in [0.2, 0.25) is 6.04 Å². The van der Waals surface area contributed by atoms with E-state index in [1.165, 1.54) is 0 Å². The Labute approximate surface area is 172 Å². The third-order valence-electron chi connectivity index (χ3n) is 3.97. The topological polar surface area (TPSA) is 105 Å². The van der Waals surface area contributed by atoms with Crippen LogP contribution >= 0.6 is 0 Å². The summed E-state index contributed by atoms with van der Waals surface area (Å²) in [7, 11) is 0. The standard InChI is InChI=1S/C21H32N4O4/c1-20(2,3)25(14-10-13-23-24-22)17(19(27)29-21(4,5)6)18(26)28-15-16-11-8-7-9-12-16/h7-9,11-12,17H,10,13-15H2,1-6H3. The number of azide groups is 1. The van der Waals surface area contributed by atoms with Gasteiger partial charge in [-0.3, -0.25) is 4.90 Å². The minimum atomic E-state index is -1.22. The van der Waals surface area contributed by atoms with Crippen molar-refractivity contribution in [3.05, 3.63) is 46.3 Å². The molecule has 0 saturated carbocycles. The van der Waals surface area contributed by atoms with Crippen molar-refractivity contribution in [3.63, 3.8) is 0 Å². The molecule has 160 valence electrons. The molecule has 29 heavy (non-hydrogen) atoms. The molecule has 0 spiro atoms. The minimum absolute atomic E-state index is 0.0652. The fourth-order valence-electron chi connectivity index (χ4n) is 2.72. The van der Waals surface area contributed by atoms with E-state index in [4.69, 9.17) is 15.0 Å². The number of esters is 2. The van der Waals surface area contributed by atoms with Crippen LogP contribution in [0.2, 0.25) is 0 Å². The molecule has 0 aliphatic carbocycles. The second-order valence-electron chi connectivity index (χ2n) is 8.70. The van der Waals surface area contributed by atoms with Gasteiger partial charge in [-0.25, -0.2) is 9.59 Å². The van der Waals surface area contributed by atoms with Crippen molar-refractivity contribution >= 4 is 11.9 Å². The zero-order chi connectivity index (χ0) is 22.1. The van der Waals surface area contributed by atoms with Crippen LogP contribution in [-0.2, 0) is 25.7 Å². The summed E-state index contributed by atoms with van der Waals surface area (Å²) in [5, 5.41) is 3.53. The second-order valence-corrected chi connectivity index (χ2v) is 8.70. The van der Waals surface area contributed by atoms with Crippen LogP contribution in [0.1, 0.15) is 53.5 Å². The first-order valence-corrected chi connectivity index (χ1v) is 9.67. The van der Waals surface area contributed by atoms with Gasteiger partial charge in [0.1, 0.15) is 12.2 Å². The van der Waals surface area contributed by atoms with Crippen molar-refractivity contribution in [1.29, 1.82) is 0 Å². The maximum absolute atomic E-state index is 13.0. The molecule has 0 heterocycles. The maximum Gasteiger partial charge on any atom is 0.335 e. The lowest BCUT2D eigenvalue weighted by molar-refractivity contribution is -0.174. The molecule has 8 nitrogen and oxygen atoms in total. The number of nitrogens with zero attached hydrogens (tertiary/aromatic N) is 4. The Morgan fingerprint density at radius 2 is 1.72 bits per heavy atom. The van der Waals surface area contributed by atoms with Gasteiger partial charge in [0.05, 0.1) is 0 Å². The van der Waals surface area contributed by atoms with Crippen molar-refractivity contribution in [3.8, 4) is 0 Å². The van der Waals surface area contributed by atoms with Crippen LogP contribution in [-0.4, -0.2) is 47.1 Å². The molecule has 8 heteroatoms. The predicted molar refractivity (Wildman–Crippen MR) is 111 cm³/mol. The number of hydrogen-bond acceptors (Lipinski definition) is 6. The van der Waals surface area contributed by atoms with Gasteiger partial charge in [0.15, 0.2) is 0 Å². The quantitative estimate of drug-likeness (QED) is 0.153. The van der Waals surface area contributed by atoms with Crippen LogP contribution in [0.25, 0.3) is 10.4 Å². The van der Waals surface area contributed by atoms with Crippen molar-refractivity contribution in [1.82, 2.24) is 4.90 Å². The molecular weight excluding hydrogens is 372 g/mol. The summed E-state index contributed by atoms with van der Waals surface area (Å²) in [6.45, 7) is 11.7. The molecule has 1 rings (SSSR count). The van der Waals surface area contributed by atoms with Gasteiger partial charge >= 0.3 is 11.9 Å². The molecule has 1 aromatic carbocycles. The molecule has 0 fully saturated rings. The van der Waals surface area contributed by atoms with Crippen molar-refractivity contribution in [2.24, 2.45) is 5.11 Å². The van der Waals surface area contributed by atoms with Crippen LogP contribution < -0.4 is 0 Å². The monoisotopic (exact) mass is 404 g/mol. The van der Waals surface area contributed by atoms with Gasteiger partial charge in [-0.2, -0.15) is 0 Å². The summed E-state index contributed by atoms with van der Waals surface area (Å²) < 4.78 is 11.0. The summed E-state index contributed by atoms with van der Waals surface area (Å²) >= 11 is 0. The summed E-state index contributed by atoms with van der Waals surface area (Å²) in [5.41, 5.74) is 8.04. The van der Waals surface area contributed by atoms with Gasteiger partial charge in [-0.1, -0.05) is 35.4 Å². The van der Waals surface area contributed by atoms with Crippen LogP contribution in [0, 0.1) is 0 Å². The molecule has 0 aliphatic heterocycles. The number of carbonyl (C=O) groups is 2. The van der Waals surface area contributed by atoms with E-state index in [-0.39, 0.29) is 13.2 Å². The van der Waals surface area contributed by atoms with Crippen molar-refractivity contribution in [2.75, 3.05) is 13.1 Å². The lowest BCUT2D eigenvalue weighted by Crippen LogP contribution is -2.57. The normalized spacial score (nSPS) is 12.8. The Bertz CT molecular complexity index is 716. The minimum Gasteiger partial charge on any atom is -0.459 e. The van der Waals surface area contributed by atoms with E-state index in [0.29, 0.717) is 13.0 Å². The number of ether oxygens (including phenoxy) is 2. The molecular formula is C21H32N4O4. The highest BCUT2D eigenvalue weighted by Gasteiger charge is 2.42. The summed E-state index contributed by atoms with van der Waals surface area (Å²) in [5.74, 6) is -1.32. The average molecular weight is 405 g/mol. The third-order valence-corrected chi connectivity index (χ3v) is 3.97. The number of carbonyl (C=O) groups excluding carboxylic acids is 2. The third kappa shape index (κ3) is 8.98. The molecule has 0 N–H and O–H groups in total. The Kier molecular flexibility index (Phi) is 9.14. The zero-order valence-electron chi connectivity index (χ0n) is 18.2. The highest BCUT2D eigenvalue weighted by atomic mass is 16.6. The molecule has 0 bridgehead atoms. The Balaban J connectivity index is 3.08. The predicted octanol–water partition coefficient (Wildman–Crippen LogP) is 4.24. The average Bonchev–Trinajstić information content (AvgIpc) is 2.60. The number of benzene rings is 1. The Morgan fingerprint density at radius 3 is 2.24 bits per heavy atom. The number of hydrogen-bond donors (Lipinski definition) is 0. The highest BCUT2D eigenvalue weighted by molar-refractivity contribution is 5.99. The Hall–Kier alpha value is -2.57. The lowest BCUT2D eigenvalue weighted by atomic mass is 10.0. The molecule has 1 unspecified atom stereocenters. The van der Waals surface area contributed by atoms with Crippen LogP contribution in [0.3, 0.4) is 0 Å². The van der Waals surface area contributed by atoms with E-state index in [9.17, 15) is 9.59 Å². The maximum atomic E-state index is 13.0. The fourth-order valence-corrected chi connectivity index (χ4v) is 2.72. The van der Waals surface area contributed by atoms with Gasteiger partial charge in [0, 0.05) is 23.5 Å². The highest BCUT2D eigenvalue weighted by Crippen LogP contribution is 2.22. The Morgan fingerprint density at radius 1 is 1.10 bits per heavy atom. The van der Waals surface area contributed by atoms with E-state index >= 15 is 0 Å². The van der Waals surface area contributed by atoms with Gasteiger partial charge in [0.25, 0.3) is 0 Å². The first-order chi connectivity index (χ1) is 13.5. The van der Waals surface area contributed by atoms with Gasteiger partial charge in [-0.15, -0.1) is 0 Å². The molecule has 0 aromatic heterocycles. The summed E-state index contributed by atoms with van der Waals surface area (Å²) in [6.07, 6.45) is 0.493.